The third kappa shape index (κ3) is 4.16. The van der Waals surface area contributed by atoms with Gasteiger partial charge in [-0.1, -0.05) is 0 Å². The third-order valence-electron chi connectivity index (χ3n) is 3.07. The Morgan fingerprint density at radius 3 is 2.00 bits per heavy atom. The smallest absolute Gasteiger partial charge is 0.303 e. The molecule has 1 fully saturated rings. The highest BCUT2D eigenvalue weighted by Gasteiger charge is 2.48. The van der Waals surface area contributed by atoms with Crippen molar-refractivity contribution in [1.82, 2.24) is 0 Å². The minimum Gasteiger partial charge on any atom is -0.456 e. The van der Waals surface area contributed by atoms with Crippen molar-refractivity contribution in [3.63, 3.8) is 0 Å². The monoisotopic (exact) mass is 290 g/mol. The Bertz CT molecular complexity index is 344. The summed E-state index contributed by atoms with van der Waals surface area (Å²) in [6, 6.07) is 0. The van der Waals surface area contributed by atoms with Gasteiger partial charge in [-0.2, -0.15) is 0 Å². The Kier molecular flexibility index (Phi) is 6.38. The van der Waals surface area contributed by atoms with Crippen LogP contribution >= 0.6 is 0 Å². The van der Waals surface area contributed by atoms with E-state index in [2.05, 4.69) is 0 Å². The van der Waals surface area contributed by atoms with Crippen LogP contribution in [0.2, 0.25) is 0 Å². The first-order chi connectivity index (χ1) is 9.40. The number of carbonyl (C=O) groups excluding carboxylic acids is 2. The average Bonchev–Trinajstić information content (AvgIpc) is 2.33. The van der Waals surface area contributed by atoms with Gasteiger partial charge in [0, 0.05) is 28.1 Å². The Morgan fingerprint density at radius 2 is 1.55 bits per heavy atom. The van der Waals surface area contributed by atoms with Crippen LogP contribution in [0.4, 0.5) is 0 Å². The van der Waals surface area contributed by atoms with Crippen molar-refractivity contribution < 1.29 is 33.3 Å². The lowest BCUT2D eigenvalue weighted by atomic mass is 9.95. The first-order valence-corrected chi connectivity index (χ1v) is 6.42. The Balaban J connectivity index is 3.00. The number of carbonyl (C=O) groups is 2. The van der Waals surface area contributed by atoms with Crippen LogP contribution in [-0.4, -0.2) is 63.3 Å². The van der Waals surface area contributed by atoms with E-state index in [9.17, 15) is 9.59 Å². The van der Waals surface area contributed by atoms with Crippen LogP contribution < -0.4 is 0 Å². The molecule has 0 radical (unpaired) electrons. The molecule has 0 spiro atoms. The van der Waals surface area contributed by atoms with Crippen LogP contribution in [0.15, 0.2) is 0 Å². The number of hydrogen-bond acceptors (Lipinski definition) is 7. The van der Waals surface area contributed by atoms with Gasteiger partial charge in [0.15, 0.2) is 12.2 Å². The molecule has 0 saturated carbocycles. The van der Waals surface area contributed by atoms with E-state index in [-0.39, 0.29) is 12.7 Å². The fraction of sp³-hybridized carbons (Fsp3) is 0.846. The first-order valence-electron chi connectivity index (χ1n) is 6.42. The lowest BCUT2D eigenvalue weighted by molar-refractivity contribution is -0.248. The number of methoxy groups -OCH3 is 2. The Morgan fingerprint density at radius 1 is 1.00 bits per heavy atom. The molecule has 0 amide bonds. The minimum atomic E-state index is -0.766. The summed E-state index contributed by atoms with van der Waals surface area (Å²) < 4.78 is 26.7. The maximum atomic E-state index is 11.3. The maximum Gasteiger partial charge on any atom is 0.303 e. The van der Waals surface area contributed by atoms with Crippen LogP contribution in [0.1, 0.15) is 20.8 Å². The van der Waals surface area contributed by atoms with Gasteiger partial charge < -0.3 is 23.7 Å². The molecule has 7 heteroatoms. The number of rotatable bonds is 5. The summed E-state index contributed by atoms with van der Waals surface area (Å²) in [5.74, 6) is -0.958. The highest BCUT2D eigenvalue weighted by atomic mass is 16.6. The van der Waals surface area contributed by atoms with Gasteiger partial charge in [0.05, 0.1) is 12.7 Å². The van der Waals surface area contributed by atoms with Gasteiger partial charge in [0.25, 0.3) is 0 Å². The highest BCUT2D eigenvalue weighted by molar-refractivity contribution is 5.67. The molecule has 0 aromatic rings. The van der Waals surface area contributed by atoms with Crippen molar-refractivity contribution in [1.29, 1.82) is 0 Å². The van der Waals surface area contributed by atoms with E-state index < -0.39 is 36.4 Å². The van der Waals surface area contributed by atoms with E-state index >= 15 is 0 Å². The second-order valence-corrected chi connectivity index (χ2v) is 4.68. The standard InChI is InChI=1S/C13H22O7/c1-7-11(17-5)13(20-9(3)15)12(19-8(2)14)10(18-7)6-16-4/h7,10-13H,6H2,1-5H3. The molecule has 116 valence electrons. The average molecular weight is 290 g/mol. The Hall–Kier alpha value is -1.18. The number of ether oxygens (including phenoxy) is 5. The summed E-state index contributed by atoms with van der Waals surface area (Å²) in [6.07, 6.45) is -2.86. The van der Waals surface area contributed by atoms with E-state index in [1.807, 2.05) is 0 Å². The van der Waals surface area contributed by atoms with E-state index in [4.69, 9.17) is 23.7 Å². The van der Waals surface area contributed by atoms with Crippen molar-refractivity contribution in [3.05, 3.63) is 0 Å². The molecular formula is C13H22O7. The van der Waals surface area contributed by atoms with E-state index in [1.165, 1.54) is 28.1 Å². The second kappa shape index (κ2) is 7.56. The third-order valence-corrected chi connectivity index (χ3v) is 3.07. The van der Waals surface area contributed by atoms with Crippen molar-refractivity contribution in [2.75, 3.05) is 20.8 Å². The molecule has 0 aromatic heterocycles. The van der Waals surface area contributed by atoms with E-state index in [1.54, 1.807) is 6.92 Å². The van der Waals surface area contributed by atoms with Crippen LogP contribution in [0, 0.1) is 0 Å². The predicted molar refractivity (Wildman–Crippen MR) is 68.1 cm³/mol. The molecule has 0 N–H and O–H groups in total. The quantitative estimate of drug-likeness (QED) is 0.673. The lowest BCUT2D eigenvalue weighted by Gasteiger charge is -2.43. The van der Waals surface area contributed by atoms with Gasteiger partial charge in [-0.05, 0) is 6.92 Å². The largest absolute Gasteiger partial charge is 0.456 e. The summed E-state index contributed by atoms with van der Waals surface area (Å²) >= 11 is 0. The van der Waals surface area contributed by atoms with Crippen molar-refractivity contribution >= 4 is 11.9 Å². The molecule has 1 saturated heterocycles. The summed E-state index contributed by atoms with van der Waals surface area (Å²) in [5, 5.41) is 0. The van der Waals surface area contributed by atoms with Gasteiger partial charge in [-0.3, -0.25) is 9.59 Å². The van der Waals surface area contributed by atoms with Crippen LogP contribution in [-0.2, 0) is 33.3 Å². The molecular weight excluding hydrogens is 268 g/mol. The SMILES string of the molecule is COCC1OC(C)C(OC)C(OC(C)=O)C1OC(C)=O. The van der Waals surface area contributed by atoms with Gasteiger partial charge in [0.1, 0.15) is 12.2 Å². The molecule has 1 aliphatic heterocycles. The van der Waals surface area contributed by atoms with Gasteiger partial charge >= 0.3 is 11.9 Å². The molecule has 5 atom stereocenters. The van der Waals surface area contributed by atoms with Crippen LogP contribution in [0.25, 0.3) is 0 Å². The van der Waals surface area contributed by atoms with Crippen LogP contribution in [0.3, 0.4) is 0 Å². The molecule has 5 unspecified atom stereocenters. The normalized spacial score (nSPS) is 33.5. The molecule has 0 aliphatic carbocycles. The fourth-order valence-corrected chi connectivity index (χ4v) is 2.38. The number of hydrogen-bond donors (Lipinski definition) is 0. The summed E-state index contributed by atoms with van der Waals surface area (Å²) in [7, 11) is 3.00. The molecule has 7 nitrogen and oxygen atoms in total. The first kappa shape index (κ1) is 16.9. The maximum absolute atomic E-state index is 11.3. The van der Waals surface area contributed by atoms with Crippen LogP contribution in [0.5, 0.6) is 0 Å². The summed E-state index contributed by atoms with van der Waals surface area (Å²) in [6.45, 7) is 4.60. The second-order valence-electron chi connectivity index (χ2n) is 4.68. The molecule has 20 heavy (non-hydrogen) atoms. The molecule has 1 heterocycles. The topological polar surface area (TPSA) is 80.3 Å². The van der Waals surface area contributed by atoms with Gasteiger partial charge in [-0.25, -0.2) is 0 Å². The lowest BCUT2D eigenvalue weighted by Crippen LogP contribution is -2.61. The fourth-order valence-electron chi connectivity index (χ4n) is 2.38. The zero-order chi connectivity index (χ0) is 15.3. The van der Waals surface area contributed by atoms with E-state index in [0.717, 1.165) is 0 Å². The molecule has 1 aliphatic rings. The molecule has 0 bridgehead atoms. The van der Waals surface area contributed by atoms with Crippen molar-refractivity contribution in [3.8, 4) is 0 Å². The van der Waals surface area contributed by atoms with Crippen molar-refractivity contribution in [2.45, 2.75) is 51.3 Å². The van der Waals surface area contributed by atoms with E-state index in [0.29, 0.717) is 0 Å². The predicted octanol–water partition coefficient (Wildman–Crippen LogP) is 0.298. The van der Waals surface area contributed by atoms with Gasteiger partial charge in [0.2, 0.25) is 0 Å². The summed E-state index contributed by atoms with van der Waals surface area (Å²) in [4.78, 5) is 22.6. The molecule has 1 rings (SSSR count). The summed E-state index contributed by atoms with van der Waals surface area (Å²) in [5.41, 5.74) is 0. The zero-order valence-corrected chi connectivity index (χ0v) is 12.5. The Labute approximate surface area is 118 Å². The molecule has 0 aromatic carbocycles. The zero-order valence-electron chi connectivity index (χ0n) is 12.5. The minimum absolute atomic E-state index is 0.219. The highest BCUT2D eigenvalue weighted by Crippen LogP contribution is 2.28. The van der Waals surface area contributed by atoms with Crippen molar-refractivity contribution in [2.24, 2.45) is 0 Å². The number of esters is 2. The van der Waals surface area contributed by atoms with Gasteiger partial charge in [-0.15, -0.1) is 0 Å².